The average Bonchev–Trinajstić information content (AvgIpc) is 3.03. The summed E-state index contributed by atoms with van der Waals surface area (Å²) in [6, 6.07) is 8.03. The molecule has 2 heterocycles. The number of hydrogen-bond donors (Lipinski definition) is 0. The Morgan fingerprint density at radius 1 is 1.38 bits per heavy atom. The Balaban J connectivity index is 1.67. The van der Waals surface area contributed by atoms with Crippen LogP contribution < -0.4 is 0 Å². The summed E-state index contributed by atoms with van der Waals surface area (Å²) in [4.78, 5) is 18.7. The van der Waals surface area contributed by atoms with Crippen molar-refractivity contribution in [2.45, 2.75) is 40.0 Å². The fraction of sp³-hybridized carbons (Fsp3) is 0.526. The first-order valence-electron chi connectivity index (χ1n) is 8.72. The molecule has 0 bridgehead atoms. The quantitative estimate of drug-likeness (QED) is 0.862. The summed E-state index contributed by atoms with van der Waals surface area (Å²) in [5, 5.41) is 4.13. The topological polar surface area (TPSA) is 59.2 Å². The fourth-order valence-corrected chi connectivity index (χ4v) is 3.31. The van der Waals surface area contributed by atoms with Crippen molar-refractivity contribution in [3.05, 3.63) is 35.7 Å². The van der Waals surface area contributed by atoms with Crippen LogP contribution in [0.2, 0.25) is 0 Å². The maximum absolute atomic E-state index is 12.2. The van der Waals surface area contributed by atoms with Crippen molar-refractivity contribution in [3.63, 3.8) is 0 Å². The number of aromatic nitrogens is 2. The van der Waals surface area contributed by atoms with Gasteiger partial charge in [0.25, 0.3) is 0 Å². The number of aryl methyl sites for hydroxylation is 1. The summed E-state index contributed by atoms with van der Waals surface area (Å²) >= 11 is 0. The van der Waals surface area contributed by atoms with E-state index < -0.39 is 0 Å². The molecule has 0 N–H and O–H groups in total. The molecule has 1 atom stereocenters. The lowest BCUT2D eigenvalue weighted by atomic mass is 9.94. The molecule has 0 spiro atoms. The number of likely N-dealkylation sites (tertiary alicyclic amines) is 1. The van der Waals surface area contributed by atoms with Gasteiger partial charge in [0.2, 0.25) is 17.6 Å². The first kappa shape index (κ1) is 16.7. The van der Waals surface area contributed by atoms with Crippen molar-refractivity contribution < 1.29 is 9.32 Å². The van der Waals surface area contributed by atoms with Gasteiger partial charge in [-0.05, 0) is 31.2 Å². The third kappa shape index (κ3) is 3.66. The highest BCUT2D eigenvalue weighted by atomic mass is 16.5. The predicted molar refractivity (Wildman–Crippen MR) is 92.3 cm³/mol. The van der Waals surface area contributed by atoms with Gasteiger partial charge in [0, 0.05) is 31.0 Å². The number of benzene rings is 1. The Hall–Kier alpha value is -2.17. The van der Waals surface area contributed by atoms with E-state index in [0.717, 1.165) is 43.5 Å². The molecule has 1 aliphatic heterocycles. The fourth-order valence-electron chi connectivity index (χ4n) is 3.31. The molecule has 0 saturated carbocycles. The summed E-state index contributed by atoms with van der Waals surface area (Å²) in [7, 11) is 0. The Morgan fingerprint density at radius 3 is 2.92 bits per heavy atom. The maximum Gasteiger partial charge on any atom is 0.227 e. The van der Waals surface area contributed by atoms with E-state index in [4.69, 9.17) is 4.52 Å². The lowest BCUT2D eigenvalue weighted by Crippen LogP contribution is -2.42. The first-order chi connectivity index (χ1) is 11.5. The third-order valence-corrected chi connectivity index (χ3v) is 4.64. The number of hydrogen-bond acceptors (Lipinski definition) is 4. The van der Waals surface area contributed by atoms with E-state index in [1.54, 1.807) is 0 Å². The average molecular weight is 327 g/mol. The lowest BCUT2D eigenvalue weighted by molar-refractivity contribution is -0.136. The van der Waals surface area contributed by atoms with E-state index in [-0.39, 0.29) is 11.8 Å². The number of carbonyl (C=O) groups is 1. The van der Waals surface area contributed by atoms with Crippen LogP contribution in [0.3, 0.4) is 0 Å². The van der Waals surface area contributed by atoms with Crippen molar-refractivity contribution >= 4 is 5.91 Å². The Morgan fingerprint density at radius 2 is 2.17 bits per heavy atom. The van der Waals surface area contributed by atoms with Crippen LogP contribution in [0.1, 0.15) is 38.1 Å². The number of nitrogens with zero attached hydrogens (tertiary/aromatic N) is 3. The van der Waals surface area contributed by atoms with Crippen molar-refractivity contribution in [1.29, 1.82) is 0 Å². The van der Waals surface area contributed by atoms with Gasteiger partial charge in [-0.25, -0.2) is 0 Å². The number of rotatable bonds is 4. The molecular formula is C19H25N3O2. The molecule has 1 fully saturated rings. The van der Waals surface area contributed by atoms with E-state index in [1.807, 2.05) is 49.9 Å². The SMILES string of the molecule is Cc1ccccc1-c1noc(CC2CCCN(C(=O)C(C)C)C2)n1. The highest BCUT2D eigenvalue weighted by Gasteiger charge is 2.26. The van der Waals surface area contributed by atoms with Crippen molar-refractivity contribution in [1.82, 2.24) is 15.0 Å². The standard InChI is InChI=1S/C19H25N3O2/c1-13(2)19(23)22-10-6-8-15(12-22)11-17-20-18(21-24-17)16-9-5-4-7-14(16)3/h4-5,7,9,13,15H,6,8,10-12H2,1-3H3. The molecule has 0 aliphatic carbocycles. The van der Waals surface area contributed by atoms with Crippen molar-refractivity contribution in [2.24, 2.45) is 11.8 Å². The predicted octanol–water partition coefficient (Wildman–Crippen LogP) is 3.48. The molecule has 1 saturated heterocycles. The molecule has 5 nitrogen and oxygen atoms in total. The van der Waals surface area contributed by atoms with E-state index >= 15 is 0 Å². The van der Waals surface area contributed by atoms with Gasteiger partial charge in [0.05, 0.1) is 0 Å². The van der Waals surface area contributed by atoms with Gasteiger partial charge in [-0.15, -0.1) is 0 Å². The van der Waals surface area contributed by atoms with E-state index in [2.05, 4.69) is 10.1 Å². The summed E-state index contributed by atoms with van der Waals surface area (Å²) in [5.74, 6) is 2.00. The smallest absolute Gasteiger partial charge is 0.227 e. The molecule has 1 aromatic carbocycles. The Kier molecular flexibility index (Phi) is 4.97. The molecule has 1 amide bonds. The second-order valence-electron chi connectivity index (χ2n) is 6.98. The van der Waals surface area contributed by atoms with Crippen LogP contribution in [0.15, 0.2) is 28.8 Å². The molecule has 0 radical (unpaired) electrons. The Bertz CT molecular complexity index is 708. The number of amides is 1. The van der Waals surface area contributed by atoms with Crippen LogP contribution in [0.4, 0.5) is 0 Å². The van der Waals surface area contributed by atoms with Crippen molar-refractivity contribution in [3.8, 4) is 11.4 Å². The normalized spacial score (nSPS) is 18.2. The van der Waals surface area contributed by atoms with Crippen molar-refractivity contribution in [2.75, 3.05) is 13.1 Å². The maximum atomic E-state index is 12.2. The second-order valence-corrected chi connectivity index (χ2v) is 6.98. The first-order valence-corrected chi connectivity index (χ1v) is 8.72. The van der Waals surface area contributed by atoms with Gasteiger partial charge in [-0.2, -0.15) is 4.98 Å². The lowest BCUT2D eigenvalue weighted by Gasteiger charge is -2.33. The zero-order chi connectivity index (χ0) is 17.1. The highest BCUT2D eigenvalue weighted by Crippen LogP contribution is 2.24. The van der Waals surface area contributed by atoms with Crippen LogP contribution in [-0.4, -0.2) is 34.0 Å². The van der Waals surface area contributed by atoms with Crippen LogP contribution in [-0.2, 0) is 11.2 Å². The highest BCUT2D eigenvalue weighted by molar-refractivity contribution is 5.78. The van der Waals surface area contributed by atoms with E-state index in [9.17, 15) is 4.79 Å². The van der Waals surface area contributed by atoms with Gasteiger partial charge in [-0.3, -0.25) is 4.79 Å². The summed E-state index contributed by atoms with van der Waals surface area (Å²) < 4.78 is 5.46. The van der Waals surface area contributed by atoms with Crippen LogP contribution >= 0.6 is 0 Å². The van der Waals surface area contributed by atoms with Crippen LogP contribution in [0.25, 0.3) is 11.4 Å². The minimum atomic E-state index is 0.0554. The molecule has 128 valence electrons. The van der Waals surface area contributed by atoms with E-state index in [1.165, 1.54) is 0 Å². The summed E-state index contributed by atoms with van der Waals surface area (Å²) in [6.45, 7) is 7.61. The van der Waals surface area contributed by atoms with Gasteiger partial charge in [-0.1, -0.05) is 43.3 Å². The molecule has 5 heteroatoms. The number of piperidine rings is 1. The van der Waals surface area contributed by atoms with Crippen LogP contribution in [0.5, 0.6) is 0 Å². The second kappa shape index (κ2) is 7.16. The van der Waals surface area contributed by atoms with E-state index in [0.29, 0.717) is 17.6 Å². The molecule has 1 aliphatic rings. The zero-order valence-corrected chi connectivity index (χ0v) is 14.7. The summed E-state index contributed by atoms with van der Waals surface area (Å²) in [6.07, 6.45) is 2.88. The minimum absolute atomic E-state index is 0.0554. The minimum Gasteiger partial charge on any atom is -0.342 e. The van der Waals surface area contributed by atoms with Crippen LogP contribution in [0, 0.1) is 18.8 Å². The van der Waals surface area contributed by atoms with Gasteiger partial charge < -0.3 is 9.42 Å². The molecule has 1 aromatic heterocycles. The third-order valence-electron chi connectivity index (χ3n) is 4.64. The Labute approximate surface area is 143 Å². The molecule has 1 unspecified atom stereocenters. The number of carbonyl (C=O) groups excluding carboxylic acids is 1. The zero-order valence-electron chi connectivity index (χ0n) is 14.7. The van der Waals surface area contributed by atoms with Gasteiger partial charge in [0.15, 0.2) is 0 Å². The molecule has 3 rings (SSSR count). The monoisotopic (exact) mass is 327 g/mol. The molecule has 2 aromatic rings. The molecular weight excluding hydrogens is 302 g/mol. The van der Waals surface area contributed by atoms with Gasteiger partial charge >= 0.3 is 0 Å². The molecule has 24 heavy (non-hydrogen) atoms. The largest absolute Gasteiger partial charge is 0.342 e. The van der Waals surface area contributed by atoms with Gasteiger partial charge in [0.1, 0.15) is 0 Å². The summed E-state index contributed by atoms with van der Waals surface area (Å²) in [5.41, 5.74) is 2.14.